The third-order valence-electron chi connectivity index (χ3n) is 5.01. The summed E-state index contributed by atoms with van der Waals surface area (Å²) in [5, 5.41) is 0. The third-order valence-corrected chi connectivity index (χ3v) is 6.20. The summed E-state index contributed by atoms with van der Waals surface area (Å²) >= 11 is 0. The minimum atomic E-state index is -3.41. The van der Waals surface area contributed by atoms with E-state index in [0.29, 0.717) is 6.54 Å². The fraction of sp³-hybridized carbons (Fsp3) is 0.688. The molecule has 2 N–H and O–H groups in total. The maximum atomic E-state index is 12.2. The fourth-order valence-electron chi connectivity index (χ4n) is 3.84. The summed E-state index contributed by atoms with van der Waals surface area (Å²) in [5.41, 5.74) is 1.15. The molecule has 2 atom stereocenters. The van der Waals surface area contributed by atoms with Gasteiger partial charge in [0.25, 0.3) is 10.2 Å². The lowest BCUT2D eigenvalue weighted by molar-refractivity contribution is 0.276. The number of rotatable bonds is 6. The van der Waals surface area contributed by atoms with Crippen LogP contribution in [0.4, 0.5) is 0 Å². The average Bonchev–Trinajstić information content (AvgIpc) is 3.15. The summed E-state index contributed by atoms with van der Waals surface area (Å²) in [6, 6.07) is 4.33. The van der Waals surface area contributed by atoms with Crippen molar-refractivity contribution >= 4 is 10.2 Å². The van der Waals surface area contributed by atoms with E-state index in [-0.39, 0.29) is 18.0 Å². The number of aromatic nitrogens is 1. The molecule has 2 heterocycles. The molecule has 1 aromatic heterocycles. The molecule has 0 aromatic carbocycles. The zero-order chi connectivity index (χ0) is 16.3. The van der Waals surface area contributed by atoms with E-state index >= 15 is 0 Å². The quantitative estimate of drug-likeness (QED) is 0.823. The molecule has 3 rings (SSSR count). The van der Waals surface area contributed by atoms with Crippen LogP contribution in [-0.2, 0) is 10.2 Å². The first-order chi connectivity index (χ1) is 11.1. The molecular formula is C16H26N4O2S. The summed E-state index contributed by atoms with van der Waals surface area (Å²) in [5.74, 6) is 0.268. The number of hydrogen-bond donors (Lipinski definition) is 2. The highest BCUT2D eigenvalue weighted by molar-refractivity contribution is 7.87. The highest BCUT2D eigenvalue weighted by atomic mass is 32.2. The van der Waals surface area contributed by atoms with Crippen LogP contribution in [0.1, 0.15) is 43.7 Å². The summed E-state index contributed by atoms with van der Waals surface area (Å²) in [6.07, 6.45) is 8.76. The van der Waals surface area contributed by atoms with Crippen molar-refractivity contribution in [1.82, 2.24) is 19.3 Å². The summed E-state index contributed by atoms with van der Waals surface area (Å²) in [6.45, 7) is 1.44. The molecule has 7 heteroatoms. The Bertz CT molecular complexity index is 602. The lowest BCUT2D eigenvalue weighted by atomic mass is 9.95. The molecule has 0 spiro atoms. The number of nitrogens with zero attached hydrogens (tertiary/aromatic N) is 2. The Morgan fingerprint density at radius 1 is 1.30 bits per heavy atom. The van der Waals surface area contributed by atoms with Gasteiger partial charge >= 0.3 is 0 Å². The molecule has 1 aliphatic carbocycles. The average molecular weight is 338 g/mol. The molecule has 6 nitrogen and oxygen atoms in total. The number of likely N-dealkylation sites (tertiary alicyclic amines) is 1. The van der Waals surface area contributed by atoms with Crippen LogP contribution < -0.4 is 9.44 Å². The van der Waals surface area contributed by atoms with E-state index in [4.69, 9.17) is 0 Å². The van der Waals surface area contributed by atoms with Gasteiger partial charge in [-0.3, -0.25) is 9.88 Å². The second-order valence-corrected chi connectivity index (χ2v) is 8.24. The fourth-order valence-corrected chi connectivity index (χ4v) is 5.03. The second kappa shape index (κ2) is 7.25. The maximum absolute atomic E-state index is 12.2. The second-order valence-electron chi connectivity index (χ2n) is 6.71. The van der Waals surface area contributed by atoms with Gasteiger partial charge in [0.1, 0.15) is 0 Å². The first kappa shape index (κ1) is 16.8. The van der Waals surface area contributed by atoms with Crippen LogP contribution in [0.3, 0.4) is 0 Å². The van der Waals surface area contributed by atoms with Crippen LogP contribution in [0.5, 0.6) is 0 Å². The Morgan fingerprint density at radius 3 is 2.78 bits per heavy atom. The van der Waals surface area contributed by atoms with Crippen molar-refractivity contribution in [1.29, 1.82) is 0 Å². The zero-order valence-corrected chi connectivity index (χ0v) is 14.4. The minimum Gasteiger partial charge on any atom is -0.299 e. The number of nitrogens with one attached hydrogen (secondary N) is 2. The Balaban J connectivity index is 1.60. The van der Waals surface area contributed by atoms with E-state index in [9.17, 15) is 8.42 Å². The van der Waals surface area contributed by atoms with Gasteiger partial charge in [0.2, 0.25) is 0 Å². The molecule has 0 radical (unpaired) electrons. The van der Waals surface area contributed by atoms with Gasteiger partial charge in [0, 0.05) is 31.0 Å². The van der Waals surface area contributed by atoms with Crippen LogP contribution in [0.2, 0.25) is 0 Å². The van der Waals surface area contributed by atoms with E-state index in [1.165, 1.54) is 0 Å². The monoisotopic (exact) mass is 338 g/mol. The van der Waals surface area contributed by atoms with Crippen LogP contribution in [0.15, 0.2) is 24.5 Å². The van der Waals surface area contributed by atoms with E-state index < -0.39 is 10.2 Å². The maximum Gasteiger partial charge on any atom is 0.277 e. The number of pyridine rings is 1. The highest BCUT2D eigenvalue weighted by Crippen LogP contribution is 2.35. The highest BCUT2D eigenvalue weighted by Gasteiger charge is 2.34. The first-order valence-electron chi connectivity index (χ1n) is 8.42. The number of hydrogen-bond acceptors (Lipinski definition) is 4. The van der Waals surface area contributed by atoms with Gasteiger partial charge in [-0.2, -0.15) is 13.1 Å². The molecule has 23 heavy (non-hydrogen) atoms. The van der Waals surface area contributed by atoms with E-state index in [0.717, 1.165) is 44.2 Å². The van der Waals surface area contributed by atoms with Gasteiger partial charge in [0.05, 0.1) is 0 Å². The topological polar surface area (TPSA) is 74.3 Å². The van der Waals surface area contributed by atoms with E-state index in [1.807, 2.05) is 12.3 Å². The Morgan fingerprint density at radius 2 is 2.09 bits per heavy atom. The van der Waals surface area contributed by atoms with Gasteiger partial charge in [-0.15, -0.1) is 0 Å². The van der Waals surface area contributed by atoms with Crippen molar-refractivity contribution < 1.29 is 8.42 Å². The largest absolute Gasteiger partial charge is 0.299 e. The smallest absolute Gasteiger partial charge is 0.277 e. The molecule has 1 aromatic rings. The zero-order valence-electron chi connectivity index (χ0n) is 13.6. The minimum absolute atomic E-state index is 0.105. The van der Waals surface area contributed by atoms with Crippen molar-refractivity contribution in [3.63, 3.8) is 0 Å². The van der Waals surface area contributed by atoms with Crippen molar-refractivity contribution in [2.45, 2.75) is 44.2 Å². The SMILES string of the molecule is CN1CC[C@@H](CNS(=O)(=O)NC2CCCC2)[C@@H]1c1cccnc1. The third kappa shape index (κ3) is 4.29. The van der Waals surface area contributed by atoms with Crippen LogP contribution in [-0.4, -0.2) is 44.5 Å². The van der Waals surface area contributed by atoms with E-state index in [1.54, 1.807) is 6.20 Å². The molecule has 128 valence electrons. The predicted octanol–water partition coefficient (Wildman–Crippen LogP) is 1.44. The molecule has 1 saturated carbocycles. The normalized spacial score (nSPS) is 26.8. The predicted molar refractivity (Wildman–Crippen MR) is 90.0 cm³/mol. The van der Waals surface area contributed by atoms with Crippen molar-refractivity contribution in [3.8, 4) is 0 Å². The molecule has 1 aliphatic heterocycles. The van der Waals surface area contributed by atoms with Gasteiger partial charge in [0.15, 0.2) is 0 Å². The first-order valence-corrected chi connectivity index (χ1v) is 9.90. The Kier molecular flexibility index (Phi) is 5.31. The van der Waals surface area contributed by atoms with Gasteiger partial charge in [-0.05, 0) is 50.4 Å². The van der Waals surface area contributed by atoms with Gasteiger partial charge in [-0.25, -0.2) is 4.72 Å². The van der Waals surface area contributed by atoms with Crippen LogP contribution in [0.25, 0.3) is 0 Å². The molecule has 0 unspecified atom stereocenters. The lowest BCUT2D eigenvalue weighted by Crippen LogP contribution is -2.43. The molecule has 0 bridgehead atoms. The Labute approximate surface area is 138 Å². The van der Waals surface area contributed by atoms with Gasteiger partial charge in [-0.1, -0.05) is 18.9 Å². The molecule has 2 aliphatic rings. The van der Waals surface area contributed by atoms with Crippen LogP contribution in [0, 0.1) is 5.92 Å². The van der Waals surface area contributed by atoms with Crippen molar-refractivity contribution in [2.24, 2.45) is 5.92 Å². The Hall–Kier alpha value is -1.02. The van der Waals surface area contributed by atoms with Gasteiger partial charge < -0.3 is 0 Å². The van der Waals surface area contributed by atoms with Crippen LogP contribution >= 0.6 is 0 Å². The van der Waals surface area contributed by atoms with Crippen molar-refractivity contribution in [3.05, 3.63) is 30.1 Å². The standard InChI is InChI=1S/C16H26N4O2S/c1-20-10-8-14(16(20)13-5-4-9-17-11-13)12-18-23(21,22)19-15-6-2-3-7-15/h4-5,9,11,14-16,18-19H,2-3,6-8,10,12H2,1H3/t14-,16-/m0/s1. The molecular weight excluding hydrogens is 312 g/mol. The summed E-state index contributed by atoms with van der Waals surface area (Å²) in [4.78, 5) is 6.48. The summed E-state index contributed by atoms with van der Waals surface area (Å²) < 4.78 is 30.0. The van der Waals surface area contributed by atoms with Crippen molar-refractivity contribution in [2.75, 3.05) is 20.1 Å². The molecule has 1 saturated heterocycles. The molecule has 0 amide bonds. The summed E-state index contributed by atoms with van der Waals surface area (Å²) in [7, 11) is -1.32. The van der Waals surface area contributed by atoms with E-state index in [2.05, 4.69) is 32.4 Å². The lowest BCUT2D eigenvalue weighted by Gasteiger charge is -2.25. The molecule has 2 fully saturated rings.